The summed E-state index contributed by atoms with van der Waals surface area (Å²) in [7, 11) is 0. The molecule has 0 aliphatic carbocycles. The van der Waals surface area contributed by atoms with Gasteiger partial charge in [-0.25, -0.2) is 9.97 Å². The molecule has 0 saturated carbocycles. The third-order valence-corrected chi connectivity index (χ3v) is 6.96. The summed E-state index contributed by atoms with van der Waals surface area (Å²) in [6.45, 7) is 6.07. The summed E-state index contributed by atoms with van der Waals surface area (Å²) in [4.78, 5) is 29.1. The van der Waals surface area contributed by atoms with E-state index in [0.29, 0.717) is 50.9 Å². The second-order valence-electron chi connectivity index (χ2n) is 9.12. The highest BCUT2D eigenvalue weighted by Gasteiger charge is 2.17. The Balaban J connectivity index is 1.69. The second-order valence-corrected chi connectivity index (χ2v) is 9.88. The maximum absolute atomic E-state index is 10.8. The van der Waals surface area contributed by atoms with E-state index in [-0.39, 0.29) is 13.1 Å². The number of pyridine rings is 1. The predicted octanol–water partition coefficient (Wildman–Crippen LogP) is 6.10. The van der Waals surface area contributed by atoms with Crippen LogP contribution in [0.1, 0.15) is 23.9 Å². The Morgan fingerprint density at radius 3 is 2.42 bits per heavy atom. The van der Waals surface area contributed by atoms with Gasteiger partial charge < -0.3 is 21.5 Å². The molecule has 5 N–H and O–H groups in total. The Morgan fingerprint density at radius 2 is 1.70 bits per heavy atom. The lowest BCUT2D eigenvalue weighted by molar-refractivity contribution is -0.135. The average molecular weight is 579 g/mol. The van der Waals surface area contributed by atoms with Crippen molar-refractivity contribution < 1.29 is 9.90 Å². The number of aryl methyl sites for hydroxylation is 2. The van der Waals surface area contributed by atoms with Crippen molar-refractivity contribution in [1.29, 1.82) is 0 Å². The maximum atomic E-state index is 10.8. The smallest absolute Gasteiger partial charge is 0.317 e. The second kappa shape index (κ2) is 13.0. The lowest BCUT2D eigenvalue weighted by atomic mass is 10.0. The number of hydrogen-bond donors (Lipinski definition) is 4. The number of rotatable bonds is 10. The maximum Gasteiger partial charge on any atom is 0.317 e. The molecule has 9 nitrogen and oxygen atoms in total. The first-order valence-electron chi connectivity index (χ1n) is 12.5. The fraction of sp³-hybridized carbons (Fsp3) is 0.207. The molecule has 0 spiro atoms. The molecule has 40 heavy (non-hydrogen) atoms. The third-order valence-electron chi connectivity index (χ3n) is 6.15. The van der Waals surface area contributed by atoms with Crippen molar-refractivity contribution in [3.05, 3.63) is 81.9 Å². The number of aliphatic imine (C=N–C) groups is 1. The predicted molar refractivity (Wildman–Crippen MR) is 161 cm³/mol. The minimum Gasteiger partial charge on any atom is -0.480 e. The highest BCUT2D eigenvalue weighted by Crippen LogP contribution is 2.42. The SMILES string of the molecule is CC(CNCC(=O)O)=Nc1c(C)ccnc1Nc1cccc(-c2cccc(-c3cnc(C)c(CN)n3)c2Cl)c1Cl. The summed E-state index contributed by atoms with van der Waals surface area (Å²) in [5, 5.41) is 16.0. The molecule has 0 aliphatic heterocycles. The van der Waals surface area contributed by atoms with Gasteiger partial charge in [0.2, 0.25) is 0 Å². The summed E-state index contributed by atoms with van der Waals surface area (Å²) >= 11 is 13.8. The molecule has 0 radical (unpaired) electrons. The number of nitrogens with one attached hydrogen (secondary N) is 2. The summed E-state index contributed by atoms with van der Waals surface area (Å²) in [5.74, 6) is -0.416. The highest BCUT2D eigenvalue weighted by atomic mass is 35.5. The Kier molecular flexibility index (Phi) is 9.44. The molecule has 0 saturated heterocycles. The van der Waals surface area contributed by atoms with Gasteiger partial charge in [0.25, 0.3) is 0 Å². The van der Waals surface area contributed by atoms with Crippen molar-refractivity contribution in [2.45, 2.75) is 27.3 Å². The Morgan fingerprint density at radius 1 is 1.00 bits per heavy atom. The summed E-state index contributed by atoms with van der Waals surface area (Å²) in [5.41, 5.74) is 13.0. The van der Waals surface area contributed by atoms with Crippen LogP contribution in [0.15, 0.2) is 59.9 Å². The van der Waals surface area contributed by atoms with Crippen LogP contribution in [0, 0.1) is 13.8 Å². The molecule has 0 unspecified atom stereocenters. The number of aromatic nitrogens is 3. The van der Waals surface area contributed by atoms with E-state index < -0.39 is 5.97 Å². The number of hydrogen-bond acceptors (Lipinski definition) is 8. The number of carbonyl (C=O) groups is 1. The van der Waals surface area contributed by atoms with Gasteiger partial charge in [-0.2, -0.15) is 0 Å². The number of anilines is 2. The van der Waals surface area contributed by atoms with Crippen molar-refractivity contribution in [1.82, 2.24) is 20.3 Å². The third kappa shape index (κ3) is 6.63. The standard InChI is InChI=1S/C29H29Cl2N7O2/c1-16-10-11-34-29(28(16)36-17(2)13-33-15-25(39)40)38-22-9-5-7-20(27(22)31)19-6-4-8-21(26(19)30)24-14-35-18(3)23(12-32)37-24/h4-11,14,33H,12-13,15,32H2,1-3H3,(H,34,38)(H,39,40). The first-order valence-corrected chi connectivity index (χ1v) is 13.2. The first kappa shape index (κ1) is 29.1. The fourth-order valence-electron chi connectivity index (χ4n) is 4.08. The lowest BCUT2D eigenvalue weighted by Gasteiger charge is -2.16. The number of aliphatic carboxylic acids is 1. The van der Waals surface area contributed by atoms with Gasteiger partial charge in [0.05, 0.1) is 45.6 Å². The molecule has 0 atom stereocenters. The molecule has 206 valence electrons. The van der Waals surface area contributed by atoms with Gasteiger partial charge in [-0.05, 0) is 38.5 Å². The van der Waals surface area contributed by atoms with Crippen molar-refractivity contribution in [3.63, 3.8) is 0 Å². The van der Waals surface area contributed by atoms with Gasteiger partial charge in [0, 0.05) is 41.7 Å². The molecule has 4 rings (SSSR count). The van der Waals surface area contributed by atoms with Crippen molar-refractivity contribution in [2.24, 2.45) is 10.7 Å². The Hall–Kier alpha value is -3.89. The van der Waals surface area contributed by atoms with E-state index in [1.54, 1.807) is 12.4 Å². The van der Waals surface area contributed by atoms with Gasteiger partial charge >= 0.3 is 5.97 Å². The minimum atomic E-state index is -0.931. The van der Waals surface area contributed by atoms with Crippen LogP contribution in [-0.4, -0.2) is 44.8 Å². The topological polar surface area (TPSA) is 138 Å². The summed E-state index contributed by atoms with van der Waals surface area (Å²) in [6, 6.07) is 13.2. The van der Waals surface area contributed by atoms with Crippen LogP contribution in [0.4, 0.5) is 17.2 Å². The summed E-state index contributed by atoms with van der Waals surface area (Å²) in [6.07, 6.45) is 3.37. The van der Waals surface area contributed by atoms with E-state index in [9.17, 15) is 4.79 Å². The number of halogens is 2. The highest BCUT2D eigenvalue weighted by molar-refractivity contribution is 6.39. The average Bonchev–Trinajstić information content (AvgIpc) is 2.92. The number of nitrogens with two attached hydrogens (primary N) is 1. The number of nitrogens with zero attached hydrogens (tertiary/aromatic N) is 4. The molecule has 0 aliphatic rings. The van der Waals surface area contributed by atoms with Crippen LogP contribution < -0.4 is 16.4 Å². The van der Waals surface area contributed by atoms with E-state index in [1.807, 2.05) is 63.2 Å². The normalized spacial score (nSPS) is 11.5. The van der Waals surface area contributed by atoms with Crippen LogP contribution >= 0.6 is 23.2 Å². The molecule has 0 amide bonds. The number of carboxylic acids is 1. The molecule has 2 aromatic heterocycles. The summed E-state index contributed by atoms with van der Waals surface area (Å²) < 4.78 is 0. The van der Waals surface area contributed by atoms with Crippen LogP contribution in [0.2, 0.25) is 10.0 Å². The zero-order valence-electron chi connectivity index (χ0n) is 22.3. The molecule has 2 aromatic carbocycles. The van der Waals surface area contributed by atoms with Gasteiger partial charge in [-0.15, -0.1) is 0 Å². The number of benzene rings is 2. The molecular weight excluding hydrogens is 549 g/mol. The van der Waals surface area contributed by atoms with E-state index in [4.69, 9.17) is 39.0 Å². The van der Waals surface area contributed by atoms with Crippen molar-refractivity contribution >= 4 is 52.1 Å². The Labute approximate surface area is 242 Å². The van der Waals surface area contributed by atoms with E-state index >= 15 is 0 Å². The van der Waals surface area contributed by atoms with Crippen LogP contribution in [0.5, 0.6) is 0 Å². The zero-order chi connectivity index (χ0) is 28.8. The largest absolute Gasteiger partial charge is 0.480 e. The minimum absolute atomic E-state index is 0.152. The molecule has 0 bridgehead atoms. The van der Waals surface area contributed by atoms with Crippen molar-refractivity contribution in [2.75, 3.05) is 18.4 Å². The Bertz CT molecular complexity index is 1590. The van der Waals surface area contributed by atoms with Crippen LogP contribution in [0.3, 0.4) is 0 Å². The van der Waals surface area contributed by atoms with Gasteiger partial charge in [-0.1, -0.05) is 53.5 Å². The zero-order valence-corrected chi connectivity index (χ0v) is 23.8. The van der Waals surface area contributed by atoms with E-state index in [1.165, 1.54) is 0 Å². The quantitative estimate of drug-likeness (QED) is 0.166. The van der Waals surface area contributed by atoms with Gasteiger partial charge in [0.1, 0.15) is 5.69 Å². The van der Waals surface area contributed by atoms with Crippen LogP contribution in [0.25, 0.3) is 22.4 Å². The fourth-order valence-corrected chi connectivity index (χ4v) is 4.68. The van der Waals surface area contributed by atoms with Crippen molar-refractivity contribution in [3.8, 4) is 22.4 Å². The van der Waals surface area contributed by atoms with Crippen LogP contribution in [-0.2, 0) is 11.3 Å². The molecule has 0 fully saturated rings. The molecule has 11 heteroatoms. The van der Waals surface area contributed by atoms with Gasteiger partial charge in [-0.3, -0.25) is 14.8 Å². The first-order chi connectivity index (χ1) is 19.2. The number of carboxylic acid groups (broad SMARTS) is 1. The van der Waals surface area contributed by atoms with E-state index in [0.717, 1.165) is 27.9 Å². The van der Waals surface area contributed by atoms with Gasteiger partial charge in [0.15, 0.2) is 5.82 Å². The molecule has 2 heterocycles. The monoisotopic (exact) mass is 577 g/mol. The lowest BCUT2D eigenvalue weighted by Crippen LogP contribution is -2.27. The molecular formula is C29H29Cl2N7O2. The molecule has 4 aromatic rings. The van der Waals surface area contributed by atoms with E-state index in [2.05, 4.69) is 25.6 Å².